The van der Waals surface area contributed by atoms with Crippen molar-refractivity contribution < 1.29 is 14.7 Å². The second kappa shape index (κ2) is 10.8. The van der Waals surface area contributed by atoms with Crippen LogP contribution in [0.25, 0.3) is 10.9 Å². The van der Waals surface area contributed by atoms with Gasteiger partial charge in [-0.25, -0.2) is 0 Å². The first kappa shape index (κ1) is 25.8. The molecule has 2 aliphatic heterocycles. The lowest BCUT2D eigenvalue weighted by Gasteiger charge is -2.33. The van der Waals surface area contributed by atoms with E-state index in [0.29, 0.717) is 62.2 Å². The summed E-state index contributed by atoms with van der Waals surface area (Å²) >= 11 is 12.5. The van der Waals surface area contributed by atoms with Gasteiger partial charge < -0.3 is 14.6 Å². The summed E-state index contributed by atoms with van der Waals surface area (Å²) in [6.07, 6.45) is 2.01. The molecule has 3 aromatic rings. The van der Waals surface area contributed by atoms with Crippen molar-refractivity contribution in [3.63, 3.8) is 0 Å². The van der Waals surface area contributed by atoms with Crippen LogP contribution in [-0.2, 0) is 29.1 Å². The maximum atomic E-state index is 13.2. The van der Waals surface area contributed by atoms with Crippen LogP contribution in [0.1, 0.15) is 29.7 Å². The highest BCUT2D eigenvalue weighted by Gasteiger charge is 2.30. The molecule has 6 nitrogen and oxygen atoms in total. The first-order chi connectivity index (χ1) is 16.4. The van der Waals surface area contributed by atoms with E-state index < -0.39 is 5.97 Å². The van der Waals surface area contributed by atoms with E-state index in [1.165, 1.54) is 10.9 Å². The zero-order chi connectivity index (χ0) is 23.8. The van der Waals surface area contributed by atoms with Crippen molar-refractivity contribution in [1.29, 1.82) is 0 Å². The Morgan fingerprint density at radius 1 is 1.00 bits per heavy atom. The molecular weight excluding hydrogens is 509 g/mol. The van der Waals surface area contributed by atoms with Gasteiger partial charge in [0.25, 0.3) is 0 Å². The second-order valence-corrected chi connectivity index (χ2v) is 10.1. The molecular formula is C26H28Cl3N3O3. The number of carbonyl (C=O) groups excluding carboxylic acids is 1. The number of rotatable bonds is 5. The number of nitrogens with zero attached hydrogens (tertiary/aromatic N) is 3. The average Bonchev–Trinajstić information content (AvgIpc) is 3.12. The number of fused-ring (bicyclic) bond motifs is 3. The van der Waals surface area contributed by atoms with Crippen LogP contribution in [0, 0.1) is 5.92 Å². The number of hydrogen-bond acceptors (Lipinski definition) is 3. The molecule has 1 N–H and O–H groups in total. The summed E-state index contributed by atoms with van der Waals surface area (Å²) in [7, 11) is 0. The lowest BCUT2D eigenvalue weighted by Crippen LogP contribution is -2.45. The lowest BCUT2D eigenvalue weighted by atomic mass is 9.97. The lowest BCUT2D eigenvalue weighted by molar-refractivity contribution is -0.143. The number of aliphatic carboxylic acids is 1. The van der Waals surface area contributed by atoms with Crippen molar-refractivity contribution in [1.82, 2.24) is 14.4 Å². The first-order valence-corrected chi connectivity index (χ1v) is 12.4. The standard InChI is InChI=1S/C26H27Cl2N3O3.ClH/c27-19-11-17(12-20(28)13-19)14-31-23-4-2-1-3-21(23)22-7-10-30(15-24(22)31)25(32)16-29-8-5-18(6-9-29)26(33)34;/h1-4,11-13,18H,5-10,14-16H2,(H,33,34);1H. The Bertz CT molecular complexity index is 1230. The fourth-order valence-electron chi connectivity index (χ4n) is 5.30. The summed E-state index contributed by atoms with van der Waals surface area (Å²) in [6.45, 7) is 3.51. The number of carboxylic acids is 1. The van der Waals surface area contributed by atoms with E-state index in [2.05, 4.69) is 27.7 Å². The summed E-state index contributed by atoms with van der Waals surface area (Å²) in [6, 6.07) is 14.0. The van der Waals surface area contributed by atoms with Crippen LogP contribution in [0.5, 0.6) is 0 Å². The molecule has 1 fully saturated rings. The Labute approximate surface area is 220 Å². The average molecular weight is 537 g/mol. The largest absolute Gasteiger partial charge is 0.481 e. The fourth-order valence-corrected chi connectivity index (χ4v) is 5.87. The molecule has 2 aliphatic rings. The molecule has 0 aliphatic carbocycles. The van der Waals surface area contributed by atoms with Gasteiger partial charge in [-0.1, -0.05) is 41.4 Å². The van der Waals surface area contributed by atoms with Crippen LogP contribution in [-0.4, -0.2) is 57.5 Å². The maximum Gasteiger partial charge on any atom is 0.306 e. The highest BCUT2D eigenvalue weighted by Crippen LogP contribution is 2.32. The van der Waals surface area contributed by atoms with Crippen LogP contribution in [0.15, 0.2) is 42.5 Å². The molecule has 1 amide bonds. The molecule has 9 heteroatoms. The number of halogens is 3. The molecule has 0 saturated carbocycles. The van der Waals surface area contributed by atoms with Gasteiger partial charge in [-0.3, -0.25) is 14.5 Å². The van der Waals surface area contributed by atoms with E-state index in [-0.39, 0.29) is 24.2 Å². The predicted molar refractivity (Wildman–Crippen MR) is 141 cm³/mol. The Morgan fingerprint density at radius 2 is 1.69 bits per heavy atom. The Balaban J connectivity index is 0.00000289. The number of aromatic nitrogens is 1. The summed E-state index contributed by atoms with van der Waals surface area (Å²) in [4.78, 5) is 28.4. The summed E-state index contributed by atoms with van der Waals surface area (Å²) < 4.78 is 2.28. The van der Waals surface area contributed by atoms with Gasteiger partial charge in [-0.15, -0.1) is 12.4 Å². The van der Waals surface area contributed by atoms with Crippen molar-refractivity contribution in [2.45, 2.75) is 32.4 Å². The van der Waals surface area contributed by atoms with Crippen LogP contribution in [0.2, 0.25) is 10.0 Å². The second-order valence-electron chi connectivity index (χ2n) is 9.26. The van der Waals surface area contributed by atoms with Gasteiger partial charge in [-0.2, -0.15) is 0 Å². The Kier molecular flexibility index (Phi) is 7.96. The van der Waals surface area contributed by atoms with E-state index in [0.717, 1.165) is 23.2 Å². The highest BCUT2D eigenvalue weighted by molar-refractivity contribution is 6.34. The molecule has 5 rings (SSSR count). The molecule has 0 spiro atoms. The van der Waals surface area contributed by atoms with Crippen molar-refractivity contribution in [2.24, 2.45) is 5.92 Å². The normalized spacial score (nSPS) is 16.7. The van der Waals surface area contributed by atoms with E-state index in [9.17, 15) is 14.7 Å². The van der Waals surface area contributed by atoms with Crippen molar-refractivity contribution >= 4 is 58.4 Å². The third-order valence-electron chi connectivity index (χ3n) is 7.08. The summed E-state index contributed by atoms with van der Waals surface area (Å²) in [5.41, 5.74) is 4.62. The molecule has 35 heavy (non-hydrogen) atoms. The first-order valence-electron chi connectivity index (χ1n) is 11.7. The SMILES string of the molecule is Cl.O=C(O)C1CCN(CC(=O)N2CCc3c(n(Cc4cc(Cl)cc(Cl)c4)c4ccccc34)C2)CC1. The molecule has 1 saturated heterocycles. The number of hydrogen-bond donors (Lipinski definition) is 1. The van der Waals surface area contributed by atoms with Crippen LogP contribution in [0.3, 0.4) is 0 Å². The zero-order valence-electron chi connectivity index (χ0n) is 19.3. The molecule has 0 radical (unpaired) electrons. The third-order valence-corrected chi connectivity index (χ3v) is 7.51. The number of carbonyl (C=O) groups is 2. The fraction of sp³-hybridized carbons (Fsp3) is 0.385. The Hall–Kier alpha value is -2.25. The van der Waals surface area contributed by atoms with Crippen LogP contribution >= 0.6 is 35.6 Å². The number of likely N-dealkylation sites (tertiary alicyclic amines) is 1. The molecule has 3 heterocycles. The van der Waals surface area contributed by atoms with Gasteiger partial charge in [0.2, 0.25) is 5.91 Å². The number of piperidine rings is 1. The topological polar surface area (TPSA) is 65.8 Å². The van der Waals surface area contributed by atoms with Crippen molar-refractivity contribution in [2.75, 3.05) is 26.2 Å². The minimum atomic E-state index is -0.733. The zero-order valence-corrected chi connectivity index (χ0v) is 21.6. The van der Waals surface area contributed by atoms with E-state index >= 15 is 0 Å². The molecule has 0 atom stereocenters. The number of carboxylic acid groups (broad SMARTS) is 1. The predicted octanol–water partition coefficient (Wildman–Crippen LogP) is 5.10. The highest BCUT2D eigenvalue weighted by atomic mass is 35.5. The number of amides is 1. The molecule has 1 aromatic heterocycles. The van der Waals surface area contributed by atoms with Gasteiger partial charge in [0.1, 0.15) is 0 Å². The monoisotopic (exact) mass is 535 g/mol. The number of benzene rings is 2. The molecule has 0 bridgehead atoms. The van der Waals surface area contributed by atoms with E-state index in [1.54, 1.807) is 6.07 Å². The minimum absolute atomic E-state index is 0. The maximum absolute atomic E-state index is 13.2. The van der Waals surface area contributed by atoms with Gasteiger partial charge in [0.05, 0.1) is 19.0 Å². The van der Waals surface area contributed by atoms with Gasteiger partial charge in [-0.05, 0) is 67.7 Å². The number of para-hydroxylation sites is 1. The van der Waals surface area contributed by atoms with E-state index in [4.69, 9.17) is 23.2 Å². The van der Waals surface area contributed by atoms with Gasteiger partial charge >= 0.3 is 5.97 Å². The van der Waals surface area contributed by atoms with Crippen molar-refractivity contribution in [3.05, 3.63) is 69.3 Å². The molecule has 186 valence electrons. The third kappa shape index (κ3) is 5.46. The Morgan fingerprint density at radius 3 is 2.37 bits per heavy atom. The molecule has 0 unspecified atom stereocenters. The summed E-state index contributed by atoms with van der Waals surface area (Å²) in [5, 5.41) is 11.7. The van der Waals surface area contributed by atoms with Crippen LogP contribution in [0.4, 0.5) is 0 Å². The molecule has 2 aromatic carbocycles. The van der Waals surface area contributed by atoms with Gasteiger partial charge in [0.15, 0.2) is 0 Å². The van der Waals surface area contributed by atoms with Crippen LogP contribution < -0.4 is 0 Å². The quantitative estimate of drug-likeness (QED) is 0.493. The smallest absolute Gasteiger partial charge is 0.306 e. The van der Waals surface area contributed by atoms with Crippen molar-refractivity contribution in [3.8, 4) is 0 Å². The van der Waals surface area contributed by atoms with E-state index in [1.807, 2.05) is 23.1 Å². The summed E-state index contributed by atoms with van der Waals surface area (Å²) in [5.74, 6) is -0.926. The minimum Gasteiger partial charge on any atom is -0.481 e. The van der Waals surface area contributed by atoms with Gasteiger partial charge in [0, 0.05) is 39.7 Å².